The van der Waals surface area contributed by atoms with E-state index in [0.29, 0.717) is 17.9 Å². The Morgan fingerprint density at radius 3 is 2.88 bits per heavy atom. The lowest BCUT2D eigenvalue weighted by Crippen LogP contribution is -2.15. The van der Waals surface area contributed by atoms with E-state index in [1.807, 2.05) is 24.3 Å². The highest BCUT2D eigenvalue weighted by molar-refractivity contribution is 7.15. The molecule has 3 N–H and O–H groups in total. The second-order valence-electron chi connectivity index (χ2n) is 4.95. The van der Waals surface area contributed by atoms with Crippen LogP contribution in [0.25, 0.3) is 10.6 Å². The van der Waals surface area contributed by atoms with Crippen molar-refractivity contribution in [2.24, 2.45) is 5.73 Å². The molecule has 0 fully saturated rings. The molecular weight excluding hydrogens is 324 g/mol. The largest absolute Gasteiger partial charge is 0.496 e. The Kier molecular flexibility index (Phi) is 4.72. The van der Waals surface area contributed by atoms with E-state index >= 15 is 0 Å². The van der Waals surface area contributed by atoms with Gasteiger partial charge in [-0.15, -0.1) is 11.3 Å². The molecule has 0 saturated carbocycles. The smallest absolute Gasteiger partial charge is 0.252 e. The van der Waals surface area contributed by atoms with E-state index < -0.39 is 5.91 Å². The molecule has 24 heavy (non-hydrogen) atoms. The summed E-state index contributed by atoms with van der Waals surface area (Å²) < 4.78 is 5.37. The zero-order valence-electron chi connectivity index (χ0n) is 13.0. The predicted octanol–water partition coefficient (Wildman–Crippen LogP) is 2.92. The number of methoxy groups -OCH3 is 1. The van der Waals surface area contributed by atoms with Crippen LogP contribution in [0.15, 0.2) is 48.8 Å². The van der Waals surface area contributed by atoms with Gasteiger partial charge < -0.3 is 15.8 Å². The summed E-state index contributed by atoms with van der Waals surface area (Å²) in [6, 6.07) is 11.1. The molecular formula is C17H16N4O2S. The first-order valence-corrected chi connectivity index (χ1v) is 8.07. The highest BCUT2D eigenvalue weighted by Gasteiger charge is 2.11. The van der Waals surface area contributed by atoms with Gasteiger partial charge >= 0.3 is 0 Å². The van der Waals surface area contributed by atoms with Crippen molar-refractivity contribution in [3.63, 3.8) is 0 Å². The summed E-state index contributed by atoms with van der Waals surface area (Å²) in [5.41, 5.74) is 6.67. The number of pyridine rings is 1. The van der Waals surface area contributed by atoms with Gasteiger partial charge in [0.05, 0.1) is 24.8 Å². The number of anilines is 1. The molecule has 0 aliphatic rings. The quantitative estimate of drug-likeness (QED) is 0.720. The highest BCUT2D eigenvalue weighted by atomic mass is 32.1. The first kappa shape index (κ1) is 15.9. The number of primary amides is 1. The molecule has 3 aromatic rings. The van der Waals surface area contributed by atoms with Gasteiger partial charge in [0, 0.05) is 17.3 Å². The Hall–Kier alpha value is -2.93. The second kappa shape index (κ2) is 7.10. The van der Waals surface area contributed by atoms with Crippen molar-refractivity contribution in [3.8, 4) is 16.3 Å². The summed E-state index contributed by atoms with van der Waals surface area (Å²) in [5.74, 6) is 0.744. The molecule has 0 spiro atoms. The number of aromatic nitrogens is 2. The van der Waals surface area contributed by atoms with Crippen LogP contribution in [-0.2, 0) is 6.54 Å². The minimum atomic E-state index is -0.510. The van der Waals surface area contributed by atoms with Crippen molar-refractivity contribution < 1.29 is 9.53 Å². The number of benzene rings is 1. The minimum absolute atomic E-state index is 0.368. The fourth-order valence-corrected chi connectivity index (χ4v) is 3.13. The van der Waals surface area contributed by atoms with Crippen LogP contribution in [0.3, 0.4) is 0 Å². The fourth-order valence-electron chi connectivity index (χ4n) is 2.25. The van der Waals surface area contributed by atoms with Gasteiger partial charge in [0.15, 0.2) is 0 Å². The summed E-state index contributed by atoms with van der Waals surface area (Å²) in [5, 5.41) is 4.01. The van der Waals surface area contributed by atoms with Crippen LogP contribution in [0.2, 0.25) is 0 Å². The second-order valence-corrected chi connectivity index (χ2v) is 6.06. The first-order chi connectivity index (χ1) is 11.7. The van der Waals surface area contributed by atoms with Gasteiger partial charge in [-0.1, -0.05) is 12.1 Å². The fraction of sp³-hybridized carbons (Fsp3) is 0.118. The molecule has 1 amide bonds. The molecule has 1 aromatic carbocycles. The zero-order valence-corrected chi connectivity index (χ0v) is 13.8. The molecule has 0 saturated heterocycles. The number of para-hydroxylation sites is 1. The number of nitrogens with one attached hydrogen (secondary N) is 1. The first-order valence-electron chi connectivity index (χ1n) is 7.26. The van der Waals surface area contributed by atoms with Crippen LogP contribution >= 0.6 is 11.3 Å². The number of carbonyl (C=O) groups is 1. The van der Waals surface area contributed by atoms with Gasteiger partial charge in [0.2, 0.25) is 0 Å². The zero-order chi connectivity index (χ0) is 16.9. The van der Waals surface area contributed by atoms with Gasteiger partial charge in [-0.3, -0.25) is 4.79 Å². The van der Waals surface area contributed by atoms with Gasteiger partial charge in [0.1, 0.15) is 16.6 Å². The molecule has 0 unspecified atom stereocenters. The van der Waals surface area contributed by atoms with Crippen molar-refractivity contribution in [1.29, 1.82) is 0 Å². The number of hydrogen-bond acceptors (Lipinski definition) is 6. The number of carbonyl (C=O) groups excluding carboxylic acids is 1. The van der Waals surface area contributed by atoms with Crippen LogP contribution in [0.1, 0.15) is 15.2 Å². The van der Waals surface area contributed by atoms with E-state index in [4.69, 9.17) is 10.5 Å². The maximum Gasteiger partial charge on any atom is 0.252 e. The lowest BCUT2D eigenvalue weighted by molar-refractivity contribution is 0.100. The standard InChI is InChI=1S/C17H16N4O2S/c1-23-14-7-3-2-5-12(14)17-21-10-11(24-17)9-20-16-13(15(18)22)6-4-8-19-16/h2-8,10H,9H2,1H3,(H2,18,22)(H,19,20). The third-order valence-electron chi connectivity index (χ3n) is 3.39. The molecule has 0 radical (unpaired) electrons. The lowest BCUT2D eigenvalue weighted by Gasteiger charge is -2.07. The van der Waals surface area contributed by atoms with E-state index in [2.05, 4.69) is 15.3 Å². The normalized spacial score (nSPS) is 10.4. The maximum absolute atomic E-state index is 11.4. The van der Waals surface area contributed by atoms with Crippen molar-refractivity contribution in [2.75, 3.05) is 12.4 Å². The van der Waals surface area contributed by atoms with E-state index in [0.717, 1.165) is 21.2 Å². The molecule has 2 heterocycles. The number of hydrogen-bond donors (Lipinski definition) is 2. The minimum Gasteiger partial charge on any atom is -0.496 e. The van der Waals surface area contributed by atoms with Crippen LogP contribution in [0.5, 0.6) is 5.75 Å². The van der Waals surface area contributed by atoms with Crippen molar-refractivity contribution in [3.05, 3.63) is 59.2 Å². The Balaban J connectivity index is 1.77. The topological polar surface area (TPSA) is 90.1 Å². The number of amides is 1. The number of thiazole rings is 1. The predicted molar refractivity (Wildman–Crippen MR) is 94.2 cm³/mol. The summed E-state index contributed by atoms with van der Waals surface area (Å²) in [6.45, 7) is 0.504. The van der Waals surface area contributed by atoms with Gasteiger partial charge in [0.25, 0.3) is 5.91 Å². The molecule has 7 heteroatoms. The monoisotopic (exact) mass is 340 g/mol. The average molecular weight is 340 g/mol. The highest BCUT2D eigenvalue weighted by Crippen LogP contribution is 2.32. The number of nitrogens with two attached hydrogens (primary N) is 1. The SMILES string of the molecule is COc1ccccc1-c1ncc(CNc2ncccc2C(N)=O)s1. The summed E-state index contributed by atoms with van der Waals surface area (Å²) in [4.78, 5) is 21.0. The average Bonchev–Trinajstić information content (AvgIpc) is 3.09. The van der Waals surface area contributed by atoms with Crippen molar-refractivity contribution >= 4 is 23.1 Å². The molecule has 0 aliphatic heterocycles. The van der Waals surface area contributed by atoms with Gasteiger partial charge in [-0.25, -0.2) is 9.97 Å². The number of rotatable bonds is 6. The summed E-state index contributed by atoms with van der Waals surface area (Å²) in [6.07, 6.45) is 3.41. The maximum atomic E-state index is 11.4. The molecule has 0 aliphatic carbocycles. The van der Waals surface area contributed by atoms with Gasteiger partial charge in [-0.05, 0) is 24.3 Å². The summed E-state index contributed by atoms with van der Waals surface area (Å²) in [7, 11) is 1.64. The Labute approximate surface area is 143 Å². The van der Waals surface area contributed by atoms with Crippen LogP contribution in [0.4, 0.5) is 5.82 Å². The summed E-state index contributed by atoms with van der Waals surface area (Å²) >= 11 is 1.55. The van der Waals surface area contributed by atoms with Crippen LogP contribution < -0.4 is 15.8 Å². The van der Waals surface area contributed by atoms with E-state index in [-0.39, 0.29) is 0 Å². The van der Waals surface area contributed by atoms with E-state index in [1.165, 1.54) is 0 Å². The van der Waals surface area contributed by atoms with Crippen LogP contribution in [-0.4, -0.2) is 23.0 Å². The Morgan fingerprint density at radius 2 is 2.08 bits per heavy atom. The van der Waals surface area contributed by atoms with E-state index in [9.17, 15) is 4.79 Å². The Bertz CT molecular complexity index is 863. The molecule has 2 aromatic heterocycles. The molecule has 122 valence electrons. The number of ether oxygens (including phenoxy) is 1. The third kappa shape index (κ3) is 3.36. The molecule has 3 rings (SSSR count). The lowest BCUT2D eigenvalue weighted by atomic mass is 10.2. The van der Waals surface area contributed by atoms with Crippen molar-refractivity contribution in [2.45, 2.75) is 6.54 Å². The third-order valence-corrected chi connectivity index (χ3v) is 4.42. The molecule has 6 nitrogen and oxygen atoms in total. The van der Waals surface area contributed by atoms with E-state index in [1.54, 1.807) is 43.0 Å². The molecule has 0 atom stereocenters. The number of nitrogens with zero attached hydrogens (tertiary/aromatic N) is 2. The molecule has 0 bridgehead atoms. The van der Waals surface area contributed by atoms with Crippen molar-refractivity contribution in [1.82, 2.24) is 9.97 Å². The van der Waals surface area contributed by atoms with Crippen LogP contribution in [0, 0.1) is 0 Å². The van der Waals surface area contributed by atoms with Gasteiger partial charge in [-0.2, -0.15) is 0 Å². The Morgan fingerprint density at radius 1 is 1.25 bits per heavy atom.